The second-order valence-corrected chi connectivity index (χ2v) is 6.82. The third-order valence-corrected chi connectivity index (χ3v) is 4.54. The lowest BCUT2D eigenvalue weighted by molar-refractivity contribution is -0.123. The van der Waals surface area contributed by atoms with Gasteiger partial charge in [-0.2, -0.15) is 0 Å². The van der Waals surface area contributed by atoms with Gasteiger partial charge in [0.15, 0.2) is 6.61 Å². The molecule has 4 aromatic rings. The SMILES string of the molecule is Cc1ccc(OCC(=O)NC(c2ccccc2)c2nnc(-c3ccccc3)o2)cc1. The van der Waals surface area contributed by atoms with Crippen molar-refractivity contribution in [3.63, 3.8) is 0 Å². The number of ether oxygens (including phenoxy) is 1. The van der Waals surface area contributed by atoms with Crippen molar-refractivity contribution < 1.29 is 13.9 Å². The molecule has 1 heterocycles. The Balaban J connectivity index is 1.51. The summed E-state index contributed by atoms with van der Waals surface area (Å²) in [5.41, 5.74) is 2.78. The van der Waals surface area contributed by atoms with Gasteiger partial charge in [-0.25, -0.2) is 0 Å². The summed E-state index contributed by atoms with van der Waals surface area (Å²) in [7, 11) is 0. The Morgan fingerprint density at radius 1 is 0.933 bits per heavy atom. The predicted molar refractivity (Wildman–Crippen MR) is 113 cm³/mol. The molecular weight excluding hydrogens is 378 g/mol. The molecule has 0 spiro atoms. The molecule has 0 aliphatic heterocycles. The summed E-state index contributed by atoms with van der Waals surface area (Å²) in [6.45, 7) is 1.88. The van der Waals surface area contributed by atoms with E-state index in [0.29, 0.717) is 17.5 Å². The first-order chi connectivity index (χ1) is 14.7. The van der Waals surface area contributed by atoms with E-state index in [1.165, 1.54) is 0 Å². The molecule has 1 unspecified atom stereocenters. The average Bonchev–Trinajstić information content (AvgIpc) is 3.28. The van der Waals surface area contributed by atoms with E-state index in [-0.39, 0.29) is 12.5 Å². The number of amides is 1. The molecule has 1 aromatic heterocycles. The highest BCUT2D eigenvalue weighted by Gasteiger charge is 2.23. The van der Waals surface area contributed by atoms with Gasteiger partial charge in [-0.05, 0) is 36.8 Å². The Morgan fingerprint density at radius 2 is 1.60 bits per heavy atom. The van der Waals surface area contributed by atoms with Gasteiger partial charge >= 0.3 is 0 Å². The molecule has 1 amide bonds. The predicted octanol–water partition coefficient (Wildman–Crippen LogP) is 4.33. The van der Waals surface area contributed by atoms with Crippen LogP contribution in [0.2, 0.25) is 0 Å². The van der Waals surface area contributed by atoms with Gasteiger partial charge < -0.3 is 14.5 Å². The van der Waals surface area contributed by atoms with E-state index < -0.39 is 6.04 Å². The molecule has 150 valence electrons. The fraction of sp³-hybridized carbons (Fsp3) is 0.125. The van der Waals surface area contributed by atoms with Crippen LogP contribution in [0.25, 0.3) is 11.5 Å². The lowest BCUT2D eigenvalue weighted by Gasteiger charge is -2.16. The molecule has 0 saturated heterocycles. The van der Waals surface area contributed by atoms with Gasteiger partial charge in [-0.15, -0.1) is 10.2 Å². The number of carbonyl (C=O) groups is 1. The van der Waals surface area contributed by atoms with E-state index in [2.05, 4.69) is 15.5 Å². The van der Waals surface area contributed by atoms with Gasteiger partial charge in [0.05, 0.1) is 0 Å². The number of carbonyl (C=O) groups excluding carboxylic acids is 1. The van der Waals surface area contributed by atoms with E-state index in [1.54, 1.807) is 0 Å². The molecule has 0 saturated carbocycles. The summed E-state index contributed by atoms with van der Waals surface area (Å²) in [4.78, 5) is 12.6. The monoisotopic (exact) mass is 399 g/mol. The number of aryl methyl sites for hydroxylation is 1. The highest BCUT2D eigenvalue weighted by atomic mass is 16.5. The zero-order valence-electron chi connectivity index (χ0n) is 16.5. The quantitative estimate of drug-likeness (QED) is 0.501. The summed E-state index contributed by atoms with van der Waals surface area (Å²) >= 11 is 0. The first kappa shape index (κ1) is 19.4. The van der Waals surface area contributed by atoms with Crippen molar-refractivity contribution >= 4 is 5.91 Å². The first-order valence-corrected chi connectivity index (χ1v) is 9.61. The average molecular weight is 399 g/mol. The van der Waals surface area contributed by atoms with Crippen molar-refractivity contribution in [1.82, 2.24) is 15.5 Å². The van der Waals surface area contributed by atoms with Gasteiger partial charge in [0.25, 0.3) is 5.91 Å². The second kappa shape index (κ2) is 9.05. The lowest BCUT2D eigenvalue weighted by Crippen LogP contribution is -2.33. The number of aromatic nitrogens is 2. The topological polar surface area (TPSA) is 77.2 Å². The molecule has 4 rings (SSSR count). The number of hydrogen-bond acceptors (Lipinski definition) is 5. The minimum Gasteiger partial charge on any atom is -0.484 e. The molecule has 1 atom stereocenters. The van der Waals surface area contributed by atoms with Gasteiger partial charge in [0, 0.05) is 5.56 Å². The summed E-state index contributed by atoms with van der Waals surface area (Å²) < 4.78 is 11.5. The molecule has 0 radical (unpaired) electrons. The molecule has 0 bridgehead atoms. The maximum Gasteiger partial charge on any atom is 0.258 e. The highest BCUT2D eigenvalue weighted by Crippen LogP contribution is 2.25. The van der Waals surface area contributed by atoms with Gasteiger partial charge in [0.1, 0.15) is 11.8 Å². The standard InChI is InChI=1S/C24H21N3O3/c1-17-12-14-20(15-13-17)29-16-21(28)25-22(18-8-4-2-5-9-18)24-27-26-23(30-24)19-10-6-3-7-11-19/h2-15,22H,16H2,1H3,(H,25,28). The number of nitrogens with zero attached hydrogens (tertiary/aromatic N) is 2. The van der Waals surface area contributed by atoms with E-state index >= 15 is 0 Å². The van der Waals surface area contributed by atoms with Crippen molar-refractivity contribution in [3.05, 3.63) is 102 Å². The number of rotatable bonds is 7. The van der Waals surface area contributed by atoms with Crippen molar-refractivity contribution in [2.24, 2.45) is 0 Å². The van der Waals surface area contributed by atoms with Crippen LogP contribution < -0.4 is 10.1 Å². The number of benzene rings is 3. The van der Waals surface area contributed by atoms with E-state index in [9.17, 15) is 4.79 Å². The molecular formula is C24H21N3O3. The van der Waals surface area contributed by atoms with Crippen LogP contribution in [0, 0.1) is 6.92 Å². The molecule has 0 aliphatic rings. The molecule has 3 aromatic carbocycles. The largest absolute Gasteiger partial charge is 0.484 e. The number of hydrogen-bond donors (Lipinski definition) is 1. The van der Waals surface area contributed by atoms with Crippen LogP contribution in [-0.4, -0.2) is 22.7 Å². The Morgan fingerprint density at radius 3 is 2.30 bits per heavy atom. The van der Waals surface area contributed by atoms with Crippen LogP contribution in [-0.2, 0) is 4.79 Å². The summed E-state index contributed by atoms with van der Waals surface area (Å²) in [6, 6.07) is 26.0. The summed E-state index contributed by atoms with van der Waals surface area (Å²) in [5, 5.41) is 11.3. The minimum atomic E-state index is -0.578. The first-order valence-electron chi connectivity index (χ1n) is 9.61. The van der Waals surface area contributed by atoms with E-state index in [4.69, 9.17) is 9.15 Å². The minimum absolute atomic E-state index is 0.119. The van der Waals surface area contributed by atoms with E-state index in [1.807, 2.05) is 91.9 Å². The van der Waals surface area contributed by atoms with Gasteiger partial charge in [-0.3, -0.25) is 4.79 Å². The maximum absolute atomic E-state index is 12.6. The van der Waals surface area contributed by atoms with Crippen LogP contribution in [0.15, 0.2) is 89.3 Å². The van der Waals surface area contributed by atoms with Crippen molar-refractivity contribution in [1.29, 1.82) is 0 Å². The summed E-state index contributed by atoms with van der Waals surface area (Å²) in [5.74, 6) is 1.06. The number of nitrogens with one attached hydrogen (secondary N) is 1. The maximum atomic E-state index is 12.6. The zero-order valence-corrected chi connectivity index (χ0v) is 16.5. The Hall–Kier alpha value is -3.93. The van der Waals surface area contributed by atoms with Crippen LogP contribution in [0.3, 0.4) is 0 Å². The zero-order chi connectivity index (χ0) is 20.8. The molecule has 6 nitrogen and oxygen atoms in total. The molecule has 30 heavy (non-hydrogen) atoms. The van der Waals surface area contributed by atoms with Crippen LogP contribution in [0.1, 0.15) is 23.1 Å². The highest BCUT2D eigenvalue weighted by molar-refractivity contribution is 5.78. The van der Waals surface area contributed by atoms with Gasteiger partial charge in [0.2, 0.25) is 11.8 Å². The van der Waals surface area contributed by atoms with E-state index in [0.717, 1.165) is 16.7 Å². The summed E-state index contributed by atoms with van der Waals surface area (Å²) in [6.07, 6.45) is 0. The van der Waals surface area contributed by atoms with Crippen LogP contribution >= 0.6 is 0 Å². The molecule has 0 aliphatic carbocycles. The van der Waals surface area contributed by atoms with Crippen molar-refractivity contribution in [2.45, 2.75) is 13.0 Å². The lowest BCUT2D eigenvalue weighted by atomic mass is 10.1. The van der Waals surface area contributed by atoms with Crippen molar-refractivity contribution in [2.75, 3.05) is 6.61 Å². The van der Waals surface area contributed by atoms with Crippen LogP contribution in [0.4, 0.5) is 0 Å². The smallest absolute Gasteiger partial charge is 0.258 e. The van der Waals surface area contributed by atoms with Gasteiger partial charge in [-0.1, -0.05) is 66.2 Å². The second-order valence-electron chi connectivity index (χ2n) is 6.82. The molecule has 1 N–H and O–H groups in total. The Kier molecular flexibility index (Phi) is 5.85. The van der Waals surface area contributed by atoms with Crippen molar-refractivity contribution in [3.8, 4) is 17.2 Å². The normalized spacial score (nSPS) is 11.6. The fourth-order valence-electron chi connectivity index (χ4n) is 2.97. The molecule has 0 fully saturated rings. The fourth-order valence-corrected chi connectivity index (χ4v) is 2.97. The Labute approximate surface area is 174 Å². The third kappa shape index (κ3) is 4.72. The molecule has 6 heteroatoms. The third-order valence-electron chi connectivity index (χ3n) is 4.54. The van der Waals surface area contributed by atoms with Crippen LogP contribution in [0.5, 0.6) is 5.75 Å². The Bertz CT molecular complexity index is 1090.